The van der Waals surface area contributed by atoms with Crippen LogP contribution in [-0.4, -0.2) is 30.5 Å². The number of carbonyl (C=O) groups is 1. The number of halogens is 3. The summed E-state index contributed by atoms with van der Waals surface area (Å²) in [6.45, 7) is 0. The van der Waals surface area contributed by atoms with E-state index in [1.165, 1.54) is 0 Å². The van der Waals surface area contributed by atoms with E-state index in [1.807, 2.05) is 30.3 Å². The number of hydrazine groups is 3. The Morgan fingerprint density at radius 1 is 1.04 bits per heavy atom. The second kappa shape index (κ2) is 6.93. The molecule has 2 atom stereocenters. The molecule has 4 rings (SSSR count). The zero-order valence-corrected chi connectivity index (χ0v) is 14.7. The van der Waals surface area contributed by atoms with Crippen molar-refractivity contribution in [3.8, 4) is 0 Å². The van der Waals surface area contributed by atoms with Gasteiger partial charge in [-0.25, -0.2) is 15.6 Å². The third kappa shape index (κ3) is 3.13. The summed E-state index contributed by atoms with van der Waals surface area (Å²) < 4.78 is 46.0. The Kier molecular flexibility index (Phi) is 4.58. The van der Waals surface area contributed by atoms with Crippen LogP contribution in [0.2, 0.25) is 0 Å². The van der Waals surface area contributed by atoms with E-state index in [-0.39, 0.29) is 0 Å². The molecule has 0 bridgehead atoms. The Hall–Kier alpha value is -2.88. The fraction of sp³-hybridized carbons (Fsp3) is 0.211. The molecule has 1 saturated heterocycles. The van der Waals surface area contributed by atoms with Gasteiger partial charge in [0.15, 0.2) is 0 Å². The van der Waals surface area contributed by atoms with Gasteiger partial charge in [-0.05, 0) is 33.2 Å². The van der Waals surface area contributed by atoms with Gasteiger partial charge in [0.05, 0.1) is 13.2 Å². The number of rotatable bonds is 1. The maximum atomic E-state index is 13.8. The van der Waals surface area contributed by atoms with E-state index in [4.69, 9.17) is 0 Å². The first-order chi connectivity index (χ1) is 13.4. The van der Waals surface area contributed by atoms with Crippen molar-refractivity contribution in [2.75, 3.05) is 7.11 Å². The normalized spacial score (nSPS) is 20.5. The van der Waals surface area contributed by atoms with Crippen molar-refractivity contribution in [3.63, 3.8) is 0 Å². The lowest BCUT2D eigenvalue weighted by Gasteiger charge is -2.41. The van der Waals surface area contributed by atoms with Gasteiger partial charge in [0.1, 0.15) is 6.04 Å². The van der Waals surface area contributed by atoms with Crippen molar-refractivity contribution < 1.29 is 22.7 Å². The van der Waals surface area contributed by atoms with Crippen molar-refractivity contribution in [2.24, 2.45) is 0 Å². The fourth-order valence-corrected chi connectivity index (χ4v) is 3.54. The molecule has 3 aromatic rings. The molecule has 9 heteroatoms. The highest BCUT2D eigenvalue weighted by Crippen LogP contribution is 2.39. The number of benzene rings is 3. The minimum absolute atomic E-state index is 0.443. The summed E-state index contributed by atoms with van der Waals surface area (Å²) in [5.74, 6) is 0. The van der Waals surface area contributed by atoms with Gasteiger partial charge in [-0.1, -0.05) is 48.5 Å². The number of nitrogens with one attached hydrogen (secondary N) is 3. The van der Waals surface area contributed by atoms with Gasteiger partial charge in [0, 0.05) is 0 Å². The summed E-state index contributed by atoms with van der Waals surface area (Å²) in [5.41, 5.74) is 7.46. The standard InChI is InChI=1S/C19H17F3N4O2/c1-28-18(27)26-24-16(17(23-25-26)19(20,21)22)15-13-8-4-2-6-11(13)10-12-7-3-5-9-14(12)15/h2-10,16-17,23-25H,1H3. The molecular formula is C19H17F3N4O2. The first-order valence-corrected chi connectivity index (χ1v) is 8.52. The highest BCUT2D eigenvalue weighted by molar-refractivity contribution is 6.02. The smallest absolute Gasteiger partial charge is 0.440 e. The number of hydrogen-bond acceptors (Lipinski definition) is 5. The topological polar surface area (TPSA) is 65.6 Å². The van der Waals surface area contributed by atoms with E-state index in [2.05, 4.69) is 21.1 Å². The molecule has 0 aliphatic carbocycles. The number of ether oxygens (including phenoxy) is 1. The maximum Gasteiger partial charge on any atom is 0.440 e. The van der Waals surface area contributed by atoms with E-state index in [0.29, 0.717) is 16.3 Å². The molecule has 1 aliphatic rings. The van der Waals surface area contributed by atoms with E-state index < -0.39 is 24.4 Å². The lowest BCUT2D eigenvalue weighted by atomic mass is 9.89. The molecule has 0 aromatic heterocycles. The van der Waals surface area contributed by atoms with Crippen molar-refractivity contribution in [1.82, 2.24) is 21.5 Å². The van der Waals surface area contributed by atoms with Crippen LogP contribution in [0, 0.1) is 0 Å². The van der Waals surface area contributed by atoms with E-state index in [1.54, 1.807) is 24.3 Å². The highest BCUT2D eigenvalue weighted by atomic mass is 19.4. The molecule has 1 heterocycles. The average Bonchev–Trinajstić information content (AvgIpc) is 2.70. The van der Waals surface area contributed by atoms with Gasteiger partial charge in [-0.15, -0.1) is 5.53 Å². The zero-order valence-electron chi connectivity index (χ0n) is 14.7. The number of hydrogen-bond donors (Lipinski definition) is 3. The lowest BCUT2D eigenvalue weighted by molar-refractivity contribution is -0.187. The average molecular weight is 390 g/mol. The third-order valence-corrected chi connectivity index (χ3v) is 4.77. The minimum atomic E-state index is -4.58. The first-order valence-electron chi connectivity index (χ1n) is 8.52. The number of fused-ring (bicyclic) bond motifs is 2. The molecule has 1 fully saturated rings. The molecule has 6 nitrogen and oxygen atoms in total. The highest BCUT2D eigenvalue weighted by Gasteiger charge is 2.49. The molecule has 1 amide bonds. The summed E-state index contributed by atoms with van der Waals surface area (Å²) >= 11 is 0. The molecule has 1 aliphatic heterocycles. The number of methoxy groups -OCH3 is 1. The van der Waals surface area contributed by atoms with E-state index in [0.717, 1.165) is 23.0 Å². The van der Waals surface area contributed by atoms with Gasteiger partial charge in [-0.2, -0.15) is 18.3 Å². The predicted molar refractivity (Wildman–Crippen MR) is 97.7 cm³/mol. The van der Waals surface area contributed by atoms with Crippen LogP contribution < -0.4 is 16.4 Å². The second-order valence-corrected chi connectivity index (χ2v) is 6.42. The van der Waals surface area contributed by atoms with E-state index in [9.17, 15) is 18.0 Å². The quantitative estimate of drug-likeness (QED) is 0.555. The molecule has 0 spiro atoms. The molecule has 0 radical (unpaired) electrons. The Labute approximate surface area is 158 Å². The molecule has 146 valence electrons. The monoisotopic (exact) mass is 390 g/mol. The van der Waals surface area contributed by atoms with Crippen molar-refractivity contribution in [2.45, 2.75) is 18.3 Å². The zero-order chi connectivity index (χ0) is 19.9. The van der Waals surface area contributed by atoms with Crippen LogP contribution in [0.4, 0.5) is 18.0 Å². The number of amides is 1. The predicted octanol–water partition coefficient (Wildman–Crippen LogP) is 3.56. The van der Waals surface area contributed by atoms with Crippen LogP contribution in [0.3, 0.4) is 0 Å². The van der Waals surface area contributed by atoms with Gasteiger partial charge in [0.2, 0.25) is 0 Å². The van der Waals surface area contributed by atoms with Crippen LogP contribution in [0.1, 0.15) is 11.6 Å². The fourth-order valence-electron chi connectivity index (χ4n) is 3.54. The van der Waals surface area contributed by atoms with Gasteiger partial charge < -0.3 is 4.74 Å². The summed E-state index contributed by atoms with van der Waals surface area (Å²) in [4.78, 5) is 11.9. The number of nitrogens with zero attached hydrogens (tertiary/aromatic N) is 1. The molecule has 3 N–H and O–H groups in total. The summed E-state index contributed by atoms with van der Waals surface area (Å²) in [6.07, 6.45) is -5.45. The molecule has 28 heavy (non-hydrogen) atoms. The Morgan fingerprint density at radius 2 is 1.61 bits per heavy atom. The SMILES string of the molecule is COC(=O)N1NNC(C(F)(F)F)C(c2c3ccccc3cc3ccccc23)N1. The van der Waals surface area contributed by atoms with Crippen LogP contribution >= 0.6 is 0 Å². The number of carbonyl (C=O) groups excluding carboxylic acids is 1. The lowest BCUT2D eigenvalue weighted by Crippen LogP contribution is -2.71. The van der Waals surface area contributed by atoms with Crippen molar-refractivity contribution in [1.29, 1.82) is 0 Å². The molecular weight excluding hydrogens is 373 g/mol. The summed E-state index contributed by atoms with van der Waals surface area (Å²) in [7, 11) is 1.14. The third-order valence-electron chi connectivity index (χ3n) is 4.77. The van der Waals surface area contributed by atoms with Crippen LogP contribution in [0.25, 0.3) is 21.5 Å². The Morgan fingerprint density at radius 3 is 2.14 bits per heavy atom. The Bertz CT molecular complexity index is 987. The van der Waals surface area contributed by atoms with Gasteiger partial charge >= 0.3 is 12.3 Å². The van der Waals surface area contributed by atoms with Crippen LogP contribution in [0.15, 0.2) is 54.6 Å². The van der Waals surface area contributed by atoms with Crippen molar-refractivity contribution >= 4 is 27.6 Å². The minimum Gasteiger partial charge on any atom is -0.451 e. The van der Waals surface area contributed by atoms with Crippen LogP contribution in [-0.2, 0) is 4.74 Å². The molecule has 0 saturated carbocycles. The summed E-state index contributed by atoms with van der Waals surface area (Å²) in [5, 5.41) is 3.72. The van der Waals surface area contributed by atoms with Crippen LogP contribution in [0.5, 0.6) is 0 Å². The Balaban J connectivity index is 1.96. The van der Waals surface area contributed by atoms with Gasteiger partial charge in [0.25, 0.3) is 0 Å². The largest absolute Gasteiger partial charge is 0.451 e. The van der Waals surface area contributed by atoms with Gasteiger partial charge in [-0.3, -0.25) is 0 Å². The van der Waals surface area contributed by atoms with E-state index >= 15 is 0 Å². The van der Waals surface area contributed by atoms with Crippen molar-refractivity contribution in [3.05, 3.63) is 60.2 Å². The second-order valence-electron chi connectivity index (χ2n) is 6.42. The summed E-state index contributed by atoms with van der Waals surface area (Å²) in [6, 6.07) is 13.1. The molecule has 3 aromatic carbocycles. The first kappa shape index (κ1) is 18.5. The molecule has 2 unspecified atom stereocenters. The number of alkyl halides is 3. The maximum absolute atomic E-state index is 13.8.